The Labute approximate surface area is 121 Å². The van der Waals surface area contributed by atoms with E-state index in [0.717, 1.165) is 5.56 Å². The number of hydrogen-bond acceptors (Lipinski definition) is 3. The van der Waals surface area contributed by atoms with E-state index >= 15 is 0 Å². The van der Waals surface area contributed by atoms with Gasteiger partial charge in [-0.25, -0.2) is 0 Å². The van der Waals surface area contributed by atoms with Crippen LogP contribution in [0.1, 0.15) is 45.2 Å². The summed E-state index contributed by atoms with van der Waals surface area (Å²) in [6.07, 6.45) is 0.237. The van der Waals surface area contributed by atoms with Crippen LogP contribution in [0.2, 0.25) is 0 Å². The van der Waals surface area contributed by atoms with Crippen LogP contribution in [0.3, 0.4) is 0 Å². The van der Waals surface area contributed by atoms with E-state index in [1.807, 2.05) is 45.0 Å². The van der Waals surface area contributed by atoms with E-state index in [4.69, 9.17) is 9.29 Å². The van der Waals surface area contributed by atoms with Crippen molar-refractivity contribution in [2.45, 2.75) is 51.4 Å². The zero-order valence-electron chi connectivity index (χ0n) is 12.8. The molecule has 1 rings (SSSR count). The molecule has 0 radical (unpaired) electrons. The van der Waals surface area contributed by atoms with E-state index in [-0.39, 0.29) is 13.0 Å². The number of benzene rings is 1. The van der Waals surface area contributed by atoms with E-state index in [0.29, 0.717) is 0 Å². The zero-order valence-corrected chi connectivity index (χ0v) is 13.6. The second kappa shape index (κ2) is 5.84. The van der Waals surface area contributed by atoms with Crippen LogP contribution in [-0.2, 0) is 20.5 Å². The number of aryl methyl sites for hydroxylation is 1. The first-order chi connectivity index (χ1) is 8.96. The molecule has 0 fully saturated rings. The molecule has 20 heavy (non-hydrogen) atoms. The summed E-state index contributed by atoms with van der Waals surface area (Å²) < 4.78 is 36.2. The van der Waals surface area contributed by atoms with Crippen LogP contribution in [0.15, 0.2) is 24.3 Å². The third-order valence-electron chi connectivity index (χ3n) is 3.61. The minimum absolute atomic E-state index is 0.237. The topological polar surface area (TPSA) is 63.6 Å². The summed E-state index contributed by atoms with van der Waals surface area (Å²) in [4.78, 5) is 0. The molecule has 114 valence electrons. The van der Waals surface area contributed by atoms with Crippen LogP contribution in [0, 0.1) is 6.92 Å². The van der Waals surface area contributed by atoms with Crippen molar-refractivity contribution in [2.24, 2.45) is 0 Å². The first kappa shape index (κ1) is 17.1. The Bertz CT molecular complexity index is 542. The van der Waals surface area contributed by atoms with Crippen molar-refractivity contribution in [2.75, 3.05) is 6.61 Å². The number of hydrogen-bond donors (Lipinski definition) is 1. The van der Waals surface area contributed by atoms with Gasteiger partial charge in [0.15, 0.2) is 0 Å². The van der Waals surface area contributed by atoms with Crippen molar-refractivity contribution in [3.8, 4) is 0 Å². The van der Waals surface area contributed by atoms with Gasteiger partial charge in [-0.2, -0.15) is 8.42 Å². The Balaban J connectivity index is 2.67. The molecular weight excluding hydrogens is 276 g/mol. The third-order valence-corrected chi connectivity index (χ3v) is 5.21. The molecule has 4 nitrogen and oxygen atoms in total. The van der Waals surface area contributed by atoms with E-state index < -0.39 is 20.5 Å². The van der Waals surface area contributed by atoms with Crippen LogP contribution >= 0.6 is 0 Å². The highest BCUT2D eigenvalue weighted by atomic mass is 32.2. The number of rotatable bonds is 6. The van der Waals surface area contributed by atoms with Crippen molar-refractivity contribution in [3.63, 3.8) is 0 Å². The second-order valence-electron chi connectivity index (χ2n) is 6.21. The molecule has 0 saturated carbocycles. The summed E-state index contributed by atoms with van der Waals surface area (Å²) in [5, 5.41) is 0. The van der Waals surface area contributed by atoms with Crippen LogP contribution in [-0.4, -0.2) is 24.3 Å². The van der Waals surface area contributed by atoms with Crippen LogP contribution < -0.4 is 0 Å². The molecule has 0 unspecified atom stereocenters. The Morgan fingerprint density at radius 2 is 1.60 bits per heavy atom. The summed E-state index contributed by atoms with van der Waals surface area (Å²) >= 11 is 0. The molecule has 0 saturated heterocycles. The van der Waals surface area contributed by atoms with E-state index in [2.05, 4.69) is 0 Å². The van der Waals surface area contributed by atoms with E-state index in [1.54, 1.807) is 0 Å². The molecular formula is C15H24O4S. The maximum Gasteiger partial charge on any atom is 0.270 e. The lowest BCUT2D eigenvalue weighted by Crippen LogP contribution is -2.34. The predicted molar refractivity (Wildman–Crippen MR) is 80.4 cm³/mol. The summed E-state index contributed by atoms with van der Waals surface area (Å²) in [5.41, 5.74) is 1.72. The molecule has 0 aliphatic carbocycles. The molecule has 1 aromatic carbocycles. The minimum Gasteiger partial charge on any atom is -0.371 e. The maximum atomic E-state index is 11.2. The van der Waals surface area contributed by atoms with Crippen molar-refractivity contribution >= 4 is 10.1 Å². The van der Waals surface area contributed by atoms with Gasteiger partial charge in [-0.05, 0) is 46.6 Å². The first-order valence-electron chi connectivity index (χ1n) is 6.64. The van der Waals surface area contributed by atoms with E-state index in [1.165, 1.54) is 19.4 Å². The highest BCUT2D eigenvalue weighted by Gasteiger charge is 2.33. The Kier molecular flexibility index (Phi) is 5.00. The van der Waals surface area contributed by atoms with Crippen LogP contribution in [0.5, 0.6) is 0 Å². The van der Waals surface area contributed by atoms with Gasteiger partial charge in [0.05, 0.1) is 10.3 Å². The fourth-order valence-electron chi connectivity index (χ4n) is 1.72. The van der Waals surface area contributed by atoms with Gasteiger partial charge in [0.1, 0.15) is 0 Å². The quantitative estimate of drug-likeness (QED) is 0.819. The standard InChI is InChI=1S/C15H24O4S/c1-12-6-8-13(9-7-12)15(4,5)19-11-10-14(2,3)20(16,17)18/h6-9H,10-11H2,1-5H3,(H,16,17,18). The van der Waals surface area contributed by atoms with Gasteiger partial charge in [-0.1, -0.05) is 29.8 Å². The second-order valence-corrected chi connectivity index (χ2v) is 8.26. The summed E-state index contributed by atoms with van der Waals surface area (Å²) in [6.45, 7) is 9.14. The molecule has 0 aliphatic rings. The van der Waals surface area contributed by atoms with Gasteiger partial charge in [-0.3, -0.25) is 4.55 Å². The molecule has 0 atom stereocenters. The van der Waals surface area contributed by atoms with Crippen molar-refractivity contribution in [3.05, 3.63) is 35.4 Å². The van der Waals surface area contributed by atoms with Gasteiger partial charge in [0.25, 0.3) is 10.1 Å². The van der Waals surface area contributed by atoms with Gasteiger partial charge in [-0.15, -0.1) is 0 Å². The fourth-order valence-corrected chi connectivity index (χ4v) is 2.06. The molecule has 0 aliphatic heterocycles. The maximum absolute atomic E-state index is 11.2. The summed E-state index contributed by atoms with van der Waals surface area (Å²) in [7, 11) is -4.07. The lowest BCUT2D eigenvalue weighted by molar-refractivity contribution is -0.0253. The monoisotopic (exact) mass is 300 g/mol. The van der Waals surface area contributed by atoms with Gasteiger partial charge in [0, 0.05) is 6.61 Å². The Hall–Kier alpha value is -0.910. The molecule has 5 heteroatoms. The normalized spacial score (nSPS) is 13.5. The third kappa shape index (κ3) is 4.30. The summed E-state index contributed by atoms with van der Waals surface area (Å²) in [5.74, 6) is 0. The largest absolute Gasteiger partial charge is 0.371 e. The molecule has 0 spiro atoms. The molecule has 0 heterocycles. The molecule has 0 amide bonds. The van der Waals surface area contributed by atoms with Crippen LogP contribution in [0.4, 0.5) is 0 Å². The lowest BCUT2D eigenvalue weighted by Gasteiger charge is -2.28. The highest BCUT2D eigenvalue weighted by Crippen LogP contribution is 2.27. The molecule has 1 N–H and O–H groups in total. The van der Waals surface area contributed by atoms with Gasteiger partial charge in [0.2, 0.25) is 0 Å². The van der Waals surface area contributed by atoms with Crippen molar-refractivity contribution in [1.29, 1.82) is 0 Å². The average Bonchev–Trinajstić information content (AvgIpc) is 2.27. The average molecular weight is 300 g/mol. The van der Waals surface area contributed by atoms with Gasteiger partial charge < -0.3 is 4.74 Å². The Morgan fingerprint density at radius 1 is 1.10 bits per heavy atom. The molecule has 1 aromatic rings. The highest BCUT2D eigenvalue weighted by molar-refractivity contribution is 7.87. The van der Waals surface area contributed by atoms with Crippen LogP contribution in [0.25, 0.3) is 0 Å². The van der Waals surface area contributed by atoms with Gasteiger partial charge >= 0.3 is 0 Å². The zero-order chi connectivity index (χ0) is 15.6. The van der Waals surface area contributed by atoms with Crippen molar-refractivity contribution < 1.29 is 17.7 Å². The summed E-state index contributed by atoms with van der Waals surface area (Å²) in [6, 6.07) is 8.04. The first-order valence-corrected chi connectivity index (χ1v) is 8.08. The molecule has 0 bridgehead atoms. The fraction of sp³-hybridized carbons (Fsp3) is 0.600. The smallest absolute Gasteiger partial charge is 0.270 e. The van der Waals surface area contributed by atoms with E-state index in [9.17, 15) is 8.42 Å². The lowest BCUT2D eigenvalue weighted by atomic mass is 9.97. The minimum atomic E-state index is -4.07. The predicted octanol–water partition coefficient (Wildman–Crippen LogP) is 3.30. The number of ether oxygens (including phenoxy) is 1. The SMILES string of the molecule is Cc1ccc(C(C)(C)OCCC(C)(C)S(=O)(=O)O)cc1. The molecule has 0 aromatic heterocycles. The Morgan fingerprint density at radius 3 is 2.05 bits per heavy atom. The van der Waals surface area contributed by atoms with Crippen molar-refractivity contribution in [1.82, 2.24) is 0 Å².